The lowest BCUT2D eigenvalue weighted by atomic mass is 10.1. The van der Waals surface area contributed by atoms with Crippen LogP contribution >= 0.6 is 11.6 Å². The highest BCUT2D eigenvalue weighted by atomic mass is 35.5. The summed E-state index contributed by atoms with van der Waals surface area (Å²) >= 11 is 6.21. The first-order valence-electron chi connectivity index (χ1n) is 7.71. The van der Waals surface area contributed by atoms with E-state index in [0.717, 1.165) is 26.2 Å². The highest BCUT2D eigenvalue weighted by Crippen LogP contribution is 2.33. The van der Waals surface area contributed by atoms with Crippen LogP contribution in [0.5, 0.6) is 11.5 Å². The second-order valence-electron chi connectivity index (χ2n) is 5.09. The molecule has 0 bridgehead atoms. The van der Waals surface area contributed by atoms with Gasteiger partial charge < -0.3 is 14.8 Å². The Kier molecular flexibility index (Phi) is 6.49. The van der Waals surface area contributed by atoms with Gasteiger partial charge in [0.2, 0.25) is 0 Å². The number of rotatable bonds is 7. The second-order valence-corrected chi connectivity index (χ2v) is 5.50. The van der Waals surface area contributed by atoms with Crippen molar-refractivity contribution >= 4 is 17.4 Å². The maximum absolute atomic E-state index is 12.6. The van der Waals surface area contributed by atoms with Crippen LogP contribution in [0.15, 0.2) is 12.1 Å². The molecule has 5 nitrogen and oxygen atoms in total. The summed E-state index contributed by atoms with van der Waals surface area (Å²) in [5.41, 5.74) is 0.522. The molecule has 2 rings (SSSR count). The Balaban J connectivity index is 2.19. The molecule has 22 heavy (non-hydrogen) atoms. The Morgan fingerprint density at radius 2 is 1.82 bits per heavy atom. The van der Waals surface area contributed by atoms with Crippen LogP contribution in [-0.4, -0.2) is 56.6 Å². The standard InChI is InChI=1S/C16H23ClN2O3/c1-3-21-15-10-16(22-4-2)13(17)9-12(15)14(20)11-19-7-5-18-6-8-19/h9-10,18H,3-8,11H2,1-2H3. The van der Waals surface area contributed by atoms with Gasteiger partial charge in [0.05, 0.1) is 30.3 Å². The summed E-state index contributed by atoms with van der Waals surface area (Å²) in [6.45, 7) is 8.73. The first kappa shape index (κ1) is 17.1. The fourth-order valence-corrected chi connectivity index (χ4v) is 2.67. The zero-order valence-corrected chi connectivity index (χ0v) is 13.9. The van der Waals surface area contributed by atoms with E-state index in [0.29, 0.717) is 41.8 Å². The number of halogens is 1. The van der Waals surface area contributed by atoms with Crippen LogP contribution < -0.4 is 14.8 Å². The topological polar surface area (TPSA) is 50.8 Å². The summed E-state index contributed by atoms with van der Waals surface area (Å²) in [6.07, 6.45) is 0. The molecule has 1 aromatic rings. The molecule has 0 aromatic heterocycles. The highest BCUT2D eigenvalue weighted by molar-refractivity contribution is 6.32. The number of hydrogen-bond donors (Lipinski definition) is 1. The number of piperazine rings is 1. The van der Waals surface area contributed by atoms with E-state index in [1.165, 1.54) is 0 Å². The van der Waals surface area contributed by atoms with Gasteiger partial charge in [-0.05, 0) is 19.9 Å². The molecule has 0 atom stereocenters. The highest BCUT2D eigenvalue weighted by Gasteiger charge is 2.20. The summed E-state index contributed by atoms with van der Waals surface area (Å²) in [4.78, 5) is 14.7. The molecule has 1 aliphatic heterocycles. The summed E-state index contributed by atoms with van der Waals surface area (Å²) in [7, 11) is 0. The lowest BCUT2D eigenvalue weighted by Crippen LogP contribution is -2.45. The van der Waals surface area contributed by atoms with Gasteiger partial charge in [-0.1, -0.05) is 11.6 Å². The number of hydrogen-bond acceptors (Lipinski definition) is 5. The van der Waals surface area contributed by atoms with Gasteiger partial charge in [0.25, 0.3) is 0 Å². The summed E-state index contributed by atoms with van der Waals surface area (Å²) in [6, 6.07) is 3.36. The van der Waals surface area contributed by atoms with Crippen molar-refractivity contribution in [2.24, 2.45) is 0 Å². The van der Waals surface area contributed by atoms with Crippen molar-refractivity contribution in [3.05, 3.63) is 22.7 Å². The molecule has 0 radical (unpaired) electrons. The largest absolute Gasteiger partial charge is 0.493 e. The van der Waals surface area contributed by atoms with Crippen LogP contribution in [0.25, 0.3) is 0 Å². The predicted molar refractivity (Wildman–Crippen MR) is 87.4 cm³/mol. The quantitative estimate of drug-likeness (QED) is 0.779. The first-order chi connectivity index (χ1) is 10.7. The number of Topliss-reactive ketones (excluding diaryl/α,β-unsaturated/α-hetero) is 1. The van der Waals surface area contributed by atoms with Gasteiger partial charge in [-0.3, -0.25) is 9.69 Å². The van der Waals surface area contributed by atoms with E-state index in [2.05, 4.69) is 10.2 Å². The summed E-state index contributed by atoms with van der Waals surface area (Å²) < 4.78 is 11.1. The number of carbonyl (C=O) groups excluding carboxylic acids is 1. The average molecular weight is 327 g/mol. The summed E-state index contributed by atoms with van der Waals surface area (Å²) in [5.74, 6) is 1.11. The van der Waals surface area contributed by atoms with Crippen LogP contribution in [0.1, 0.15) is 24.2 Å². The monoisotopic (exact) mass is 326 g/mol. The Morgan fingerprint density at radius 3 is 2.45 bits per heavy atom. The molecule has 0 spiro atoms. The van der Waals surface area contributed by atoms with Crippen molar-refractivity contribution in [3.8, 4) is 11.5 Å². The third-order valence-electron chi connectivity index (χ3n) is 3.51. The minimum Gasteiger partial charge on any atom is -0.493 e. The Hall–Kier alpha value is -1.30. The zero-order valence-electron chi connectivity index (χ0n) is 13.2. The van der Waals surface area contributed by atoms with Crippen LogP contribution in [0.3, 0.4) is 0 Å². The van der Waals surface area contributed by atoms with E-state index in [9.17, 15) is 4.79 Å². The molecule has 122 valence electrons. The SMILES string of the molecule is CCOc1cc(OCC)c(C(=O)CN2CCNCC2)cc1Cl. The molecule has 0 saturated carbocycles. The lowest BCUT2D eigenvalue weighted by Gasteiger charge is -2.26. The Bertz CT molecular complexity index is 516. The molecule has 1 aromatic carbocycles. The lowest BCUT2D eigenvalue weighted by molar-refractivity contribution is 0.0917. The van der Waals surface area contributed by atoms with E-state index in [1.54, 1.807) is 12.1 Å². The molecule has 1 aliphatic rings. The van der Waals surface area contributed by atoms with Gasteiger partial charge >= 0.3 is 0 Å². The van der Waals surface area contributed by atoms with Gasteiger partial charge in [0.15, 0.2) is 5.78 Å². The minimum atomic E-state index is 0.0234. The summed E-state index contributed by atoms with van der Waals surface area (Å²) in [5, 5.41) is 3.71. The van der Waals surface area contributed by atoms with Crippen molar-refractivity contribution in [1.29, 1.82) is 0 Å². The molecule has 1 fully saturated rings. The molecule has 1 saturated heterocycles. The molecular weight excluding hydrogens is 304 g/mol. The molecule has 1 N–H and O–H groups in total. The number of ketones is 1. The van der Waals surface area contributed by atoms with E-state index in [-0.39, 0.29) is 5.78 Å². The minimum absolute atomic E-state index is 0.0234. The molecule has 1 heterocycles. The maximum Gasteiger partial charge on any atom is 0.180 e. The first-order valence-corrected chi connectivity index (χ1v) is 8.08. The molecule has 0 amide bonds. The third kappa shape index (κ3) is 4.35. The van der Waals surface area contributed by atoms with Crippen molar-refractivity contribution in [3.63, 3.8) is 0 Å². The number of carbonyl (C=O) groups is 1. The van der Waals surface area contributed by atoms with Gasteiger partial charge in [0, 0.05) is 32.2 Å². The zero-order chi connectivity index (χ0) is 15.9. The average Bonchev–Trinajstić information content (AvgIpc) is 2.51. The van der Waals surface area contributed by atoms with Gasteiger partial charge in [-0.15, -0.1) is 0 Å². The molecule has 0 unspecified atom stereocenters. The fraction of sp³-hybridized carbons (Fsp3) is 0.562. The van der Waals surface area contributed by atoms with Crippen LogP contribution in [0.4, 0.5) is 0 Å². The van der Waals surface area contributed by atoms with Crippen LogP contribution in [0.2, 0.25) is 5.02 Å². The number of nitrogens with one attached hydrogen (secondary N) is 1. The van der Waals surface area contributed by atoms with E-state index in [1.807, 2.05) is 13.8 Å². The predicted octanol–water partition coefficient (Wildman–Crippen LogP) is 2.23. The third-order valence-corrected chi connectivity index (χ3v) is 3.81. The van der Waals surface area contributed by atoms with Gasteiger partial charge in [0.1, 0.15) is 11.5 Å². The van der Waals surface area contributed by atoms with E-state index in [4.69, 9.17) is 21.1 Å². The van der Waals surface area contributed by atoms with Crippen molar-refractivity contribution in [2.75, 3.05) is 45.9 Å². The maximum atomic E-state index is 12.6. The molecule has 0 aliphatic carbocycles. The Morgan fingerprint density at radius 1 is 1.18 bits per heavy atom. The van der Waals surface area contributed by atoms with E-state index >= 15 is 0 Å². The van der Waals surface area contributed by atoms with Gasteiger partial charge in [-0.25, -0.2) is 0 Å². The van der Waals surface area contributed by atoms with Crippen molar-refractivity contribution in [2.45, 2.75) is 13.8 Å². The van der Waals surface area contributed by atoms with Crippen LogP contribution in [-0.2, 0) is 0 Å². The fourth-order valence-electron chi connectivity index (χ4n) is 2.45. The van der Waals surface area contributed by atoms with Gasteiger partial charge in [-0.2, -0.15) is 0 Å². The molecular formula is C16H23ClN2O3. The second kappa shape index (κ2) is 8.36. The molecule has 6 heteroatoms. The smallest absolute Gasteiger partial charge is 0.180 e. The van der Waals surface area contributed by atoms with Crippen LogP contribution in [0, 0.1) is 0 Å². The number of ether oxygens (including phenoxy) is 2. The van der Waals surface area contributed by atoms with Crippen molar-refractivity contribution < 1.29 is 14.3 Å². The number of benzene rings is 1. The normalized spacial score (nSPS) is 15.6. The Labute approximate surface area is 136 Å². The number of nitrogens with zero attached hydrogens (tertiary/aromatic N) is 1. The van der Waals surface area contributed by atoms with Crippen molar-refractivity contribution in [1.82, 2.24) is 10.2 Å². The van der Waals surface area contributed by atoms with E-state index < -0.39 is 0 Å².